The normalized spacial score (nSPS) is 29.4. The molecule has 3 saturated heterocycles. The average molecular weight is 650 g/mol. The summed E-state index contributed by atoms with van der Waals surface area (Å²) >= 11 is 0. The van der Waals surface area contributed by atoms with Crippen LogP contribution in [0.2, 0.25) is 0 Å². The van der Waals surface area contributed by atoms with E-state index < -0.39 is 23.3 Å². The molecular formula is C36H63N3O7. The van der Waals surface area contributed by atoms with E-state index in [9.17, 15) is 19.2 Å². The summed E-state index contributed by atoms with van der Waals surface area (Å²) in [5.41, 5.74) is -2.28. The summed E-state index contributed by atoms with van der Waals surface area (Å²) in [6, 6.07) is 0. The Balaban J connectivity index is 1.73. The van der Waals surface area contributed by atoms with E-state index in [1.54, 1.807) is 0 Å². The van der Waals surface area contributed by atoms with E-state index in [4.69, 9.17) is 14.2 Å². The molecule has 0 aromatic carbocycles. The van der Waals surface area contributed by atoms with Crippen molar-refractivity contribution in [3.8, 4) is 0 Å². The standard InChI is InChI=1S/C36H63N3O7/c1-30(2)15-24(33(7,8)37-30)21-44-27(41)18-36(13-14-40,19-28(42)45-22-25-16-31(3,4)38-34(25,9)10)20-29(43)46-23-26-17-32(5,6)39-35(26,11)12/h14,24-26,37-39H,13,15-23H2,1-12H3. The average Bonchev–Trinajstić information content (AvgIpc) is 3.31. The molecule has 3 fully saturated rings. The molecule has 3 aliphatic rings. The van der Waals surface area contributed by atoms with Crippen LogP contribution in [0.5, 0.6) is 0 Å². The molecule has 0 radical (unpaired) electrons. The van der Waals surface area contributed by atoms with Crippen LogP contribution in [0.3, 0.4) is 0 Å². The van der Waals surface area contributed by atoms with Gasteiger partial charge in [-0.15, -0.1) is 0 Å². The molecule has 264 valence electrons. The highest BCUT2D eigenvalue weighted by molar-refractivity contribution is 5.79. The van der Waals surface area contributed by atoms with E-state index in [0.717, 1.165) is 19.3 Å². The molecule has 3 aliphatic heterocycles. The zero-order valence-electron chi connectivity index (χ0n) is 30.7. The van der Waals surface area contributed by atoms with Crippen molar-refractivity contribution in [2.75, 3.05) is 19.8 Å². The fraction of sp³-hybridized carbons (Fsp3) is 0.889. The zero-order valence-corrected chi connectivity index (χ0v) is 30.7. The van der Waals surface area contributed by atoms with Gasteiger partial charge in [-0.25, -0.2) is 0 Å². The molecule has 46 heavy (non-hydrogen) atoms. The maximum Gasteiger partial charge on any atom is 0.306 e. The van der Waals surface area contributed by atoms with E-state index >= 15 is 0 Å². The highest BCUT2D eigenvalue weighted by Gasteiger charge is 2.48. The van der Waals surface area contributed by atoms with Gasteiger partial charge in [0.05, 0.1) is 39.1 Å². The topological polar surface area (TPSA) is 132 Å². The van der Waals surface area contributed by atoms with E-state index in [2.05, 4.69) is 99.0 Å². The molecule has 3 rings (SSSR count). The molecule has 0 saturated carbocycles. The van der Waals surface area contributed by atoms with Gasteiger partial charge < -0.3 is 35.0 Å². The van der Waals surface area contributed by atoms with Crippen molar-refractivity contribution in [3.05, 3.63) is 0 Å². The number of esters is 3. The van der Waals surface area contributed by atoms with Crippen molar-refractivity contribution < 1.29 is 33.4 Å². The molecule has 0 bridgehead atoms. The first-order valence-corrected chi connectivity index (χ1v) is 17.1. The number of rotatable bonds is 14. The molecule has 3 N–H and O–H groups in total. The van der Waals surface area contributed by atoms with Crippen molar-refractivity contribution >= 4 is 24.2 Å². The van der Waals surface area contributed by atoms with Gasteiger partial charge in [0.15, 0.2) is 0 Å². The second-order valence-electron chi connectivity index (χ2n) is 18.3. The number of nitrogens with one attached hydrogen (secondary N) is 3. The van der Waals surface area contributed by atoms with Gasteiger partial charge >= 0.3 is 17.9 Å². The van der Waals surface area contributed by atoms with E-state index in [1.807, 2.05) is 0 Å². The van der Waals surface area contributed by atoms with Crippen LogP contribution in [-0.4, -0.2) is 77.2 Å². The highest BCUT2D eigenvalue weighted by Crippen LogP contribution is 2.40. The Morgan fingerprint density at radius 2 is 0.826 bits per heavy atom. The molecule has 0 spiro atoms. The first-order chi connectivity index (χ1) is 20.8. The van der Waals surface area contributed by atoms with Gasteiger partial charge in [0.2, 0.25) is 0 Å². The van der Waals surface area contributed by atoms with E-state index in [0.29, 0.717) is 6.29 Å². The number of hydrogen-bond donors (Lipinski definition) is 3. The van der Waals surface area contributed by atoms with Gasteiger partial charge in [-0.05, 0) is 102 Å². The predicted octanol–water partition coefficient (Wildman–Crippen LogP) is 4.86. The lowest BCUT2D eigenvalue weighted by atomic mass is 9.75. The lowest BCUT2D eigenvalue weighted by Gasteiger charge is -2.32. The van der Waals surface area contributed by atoms with Crippen LogP contribution in [0.25, 0.3) is 0 Å². The number of hydrogen-bond acceptors (Lipinski definition) is 10. The van der Waals surface area contributed by atoms with Crippen LogP contribution in [-0.2, 0) is 33.4 Å². The van der Waals surface area contributed by atoms with E-state index in [1.165, 1.54) is 0 Å². The SMILES string of the molecule is CC1(C)CC(COC(=O)CC(CC=O)(CC(=O)OCC2CC(C)(C)NC2(C)C)CC(=O)OCC2CC(C)(C)NC2(C)C)C(C)(C)N1. The lowest BCUT2D eigenvalue weighted by Crippen LogP contribution is -2.46. The van der Waals surface area contributed by atoms with Crippen LogP contribution >= 0.6 is 0 Å². The third-order valence-corrected chi connectivity index (χ3v) is 10.7. The minimum atomic E-state index is -1.32. The third-order valence-electron chi connectivity index (χ3n) is 10.7. The molecule has 10 heteroatoms. The predicted molar refractivity (Wildman–Crippen MR) is 178 cm³/mol. The largest absolute Gasteiger partial charge is 0.465 e. The summed E-state index contributed by atoms with van der Waals surface area (Å²) in [6.45, 7) is 25.9. The minimum Gasteiger partial charge on any atom is -0.465 e. The monoisotopic (exact) mass is 649 g/mol. The Morgan fingerprint density at radius 3 is 1.02 bits per heavy atom. The van der Waals surface area contributed by atoms with Crippen molar-refractivity contribution in [2.45, 2.75) is 161 Å². The summed E-state index contributed by atoms with van der Waals surface area (Å²) in [5.74, 6) is -1.39. The molecule has 0 amide bonds. The minimum absolute atomic E-state index is 0.0853. The van der Waals surface area contributed by atoms with Gasteiger partial charge in [-0.1, -0.05) is 0 Å². The van der Waals surface area contributed by atoms with Gasteiger partial charge in [0.1, 0.15) is 6.29 Å². The Hall–Kier alpha value is -2.04. The molecule has 0 aromatic heterocycles. The van der Waals surface area contributed by atoms with Crippen molar-refractivity contribution in [2.24, 2.45) is 23.2 Å². The molecular weight excluding hydrogens is 586 g/mol. The highest BCUT2D eigenvalue weighted by atomic mass is 16.5. The smallest absolute Gasteiger partial charge is 0.306 e. The van der Waals surface area contributed by atoms with Crippen molar-refractivity contribution in [3.63, 3.8) is 0 Å². The van der Waals surface area contributed by atoms with Gasteiger partial charge in [-0.2, -0.15) is 0 Å². The van der Waals surface area contributed by atoms with Crippen LogP contribution in [0, 0.1) is 23.2 Å². The van der Waals surface area contributed by atoms with Crippen molar-refractivity contribution in [1.82, 2.24) is 16.0 Å². The lowest BCUT2D eigenvalue weighted by molar-refractivity contribution is -0.157. The maximum absolute atomic E-state index is 13.4. The number of carbonyl (C=O) groups excluding carboxylic acids is 4. The Morgan fingerprint density at radius 1 is 0.565 bits per heavy atom. The summed E-state index contributed by atoms with van der Waals surface area (Å²) in [6.07, 6.45) is 2.17. The first kappa shape index (κ1) is 38.4. The Labute approximate surface area is 277 Å². The number of aldehydes is 1. The van der Waals surface area contributed by atoms with Gasteiger partial charge in [0, 0.05) is 62.8 Å². The molecule has 0 aliphatic carbocycles. The second-order valence-corrected chi connectivity index (χ2v) is 18.3. The molecule has 3 atom stereocenters. The van der Waals surface area contributed by atoms with Gasteiger partial charge in [0.25, 0.3) is 0 Å². The fourth-order valence-electron chi connectivity index (χ4n) is 8.72. The Kier molecular flexibility index (Phi) is 11.2. The molecule has 3 unspecified atom stereocenters. The van der Waals surface area contributed by atoms with Crippen LogP contribution in [0.1, 0.15) is 128 Å². The number of carbonyl (C=O) groups is 4. The van der Waals surface area contributed by atoms with Crippen LogP contribution in [0.4, 0.5) is 0 Å². The van der Waals surface area contributed by atoms with Gasteiger partial charge in [-0.3, -0.25) is 14.4 Å². The molecule has 3 heterocycles. The zero-order chi connectivity index (χ0) is 35.0. The fourth-order valence-corrected chi connectivity index (χ4v) is 8.72. The quantitative estimate of drug-likeness (QED) is 0.136. The van der Waals surface area contributed by atoms with Crippen molar-refractivity contribution in [1.29, 1.82) is 0 Å². The summed E-state index contributed by atoms with van der Waals surface area (Å²) in [4.78, 5) is 52.2. The number of ether oxygens (including phenoxy) is 3. The first-order valence-electron chi connectivity index (χ1n) is 17.1. The maximum atomic E-state index is 13.4. The Bertz CT molecular complexity index is 1010. The van der Waals surface area contributed by atoms with E-state index in [-0.39, 0.29) is 96.5 Å². The molecule has 10 nitrogen and oxygen atoms in total. The second kappa shape index (κ2) is 13.5. The third kappa shape index (κ3) is 10.2. The molecule has 0 aromatic rings. The van der Waals surface area contributed by atoms with Crippen LogP contribution in [0.15, 0.2) is 0 Å². The summed E-state index contributed by atoms with van der Waals surface area (Å²) < 4.78 is 17.4. The summed E-state index contributed by atoms with van der Waals surface area (Å²) in [7, 11) is 0. The summed E-state index contributed by atoms with van der Waals surface area (Å²) in [5, 5.41) is 10.8. The van der Waals surface area contributed by atoms with Crippen LogP contribution < -0.4 is 16.0 Å².